The van der Waals surface area contributed by atoms with Crippen molar-refractivity contribution in [3.8, 4) is 0 Å². The molecule has 166 valence electrons. The standard InChI is InChI=1S/C23H29N3O4S/c1-4-22(27)24-16-8-17-26(3)31(29,30)21-13-11-20(12-14-21)23(28)25(2)18-15-19-9-6-5-7-10-19/h4-7,9-14H,1,8,15-18H2,2-3H3,(H,24,27). The van der Waals surface area contributed by atoms with Crippen molar-refractivity contribution in [1.82, 2.24) is 14.5 Å². The smallest absolute Gasteiger partial charge is 0.253 e. The van der Waals surface area contributed by atoms with Gasteiger partial charge in [-0.25, -0.2) is 12.7 Å². The minimum absolute atomic E-state index is 0.119. The number of benzene rings is 2. The summed E-state index contributed by atoms with van der Waals surface area (Å²) in [4.78, 5) is 25.5. The third-order valence-electron chi connectivity index (χ3n) is 4.87. The van der Waals surface area contributed by atoms with Crippen LogP contribution in [0.5, 0.6) is 0 Å². The summed E-state index contributed by atoms with van der Waals surface area (Å²) in [5.74, 6) is -0.453. The van der Waals surface area contributed by atoms with Crippen molar-refractivity contribution in [2.75, 3.05) is 33.7 Å². The van der Waals surface area contributed by atoms with Crippen LogP contribution in [-0.2, 0) is 21.2 Å². The number of nitrogens with zero attached hydrogens (tertiary/aromatic N) is 2. The molecular weight excluding hydrogens is 414 g/mol. The van der Waals surface area contributed by atoms with E-state index in [9.17, 15) is 18.0 Å². The molecule has 0 atom stereocenters. The lowest BCUT2D eigenvalue weighted by molar-refractivity contribution is -0.116. The third-order valence-corrected chi connectivity index (χ3v) is 6.74. The number of amides is 2. The highest BCUT2D eigenvalue weighted by molar-refractivity contribution is 7.89. The molecule has 0 aliphatic rings. The predicted octanol–water partition coefficient (Wildman–Crippen LogP) is 2.31. The number of hydrogen-bond donors (Lipinski definition) is 1. The van der Waals surface area contributed by atoms with E-state index in [0.29, 0.717) is 25.1 Å². The molecule has 0 bridgehead atoms. The van der Waals surface area contributed by atoms with E-state index < -0.39 is 10.0 Å². The Hall–Kier alpha value is -2.97. The van der Waals surface area contributed by atoms with Crippen molar-refractivity contribution in [3.05, 3.63) is 78.4 Å². The second-order valence-electron chi connectivity index (χ2n) is 7.16. The second kappa shape index (κ2) is 11.4. The number of likely N-dealkylation sites (N-methyl/N-ethyl adjacent to an activating group) is 1. The van der Waals surface area contributed by atoms with E-state index in [0.717, 1.165) is 12.0 Å². The molecular formula is C23H29N3O4S. The zero-order valence-corrected chi connectivity index (χ0v) is 18.8. The summed E-state index contributed by atoms with van der Waals surface area (Å²) < 4.78 is 26.7. The van der Waals surface area contributed by atoms with Gasteiger partial charge in [0.05, 0.1) is 4.90 Å². The number of sulfonamides is 1. The zero-order chi connectivity index (χ0) is 22.9. The first-order valence-electron chi connectivity index (χ1n) is 10.0. The van der Waals surface area contributed by atoms with Crippen LogP contribution >= 0.6 is 0 Å². The van der Waals surface area contributed by atoms with E-state index >= 15 is 0 Å². The Bertz CT molecular complexity index is 989. The van der Waals surface area contributed by atoms with Gasteiger partial charge in [0, 0.05) is 39.3 Å². The molecule has 2 aromatic carbocycles. The first-order chi connectivity index (χ1) is 14.8. The highest BCUT2D eigenvalue weighted by atomic mass is 32.2. The van der Waals surface area contributed by atoms with Crippen LogP contribution in [-0.4, -0.2) is 63.2 Å². The summed E-state index contributed by atoms with van der Waals surface area (Å²) in [5.41, 5.74) is 1.58. The summed E-state index contributed by atoms with van der Waals surface area (Å²) in [7, 11) is -0.460. The fourth-order valence-electron chi connectivity index (χ4n) is 2.92. The van der Waals surface area contributed by atoms with E-state index in [-0.39, 0.29) is 23.3 Å². The van der Waals surface area contributed by atoms with Crippen molar-refractivity contribution in [1.29, 1.82) is 0 Å². The van der Waals surface area contributed by atoms with Gasteiger partial charge in [-0.3, -0.25) is 9.59 Å². The number of carbonyl (C=O) groups excluding carboxylic acids is 2. The molecule has 0 aromatic heterocycles. The number of hydrogen-bond acceptors (Lipinski definition) is 4. The Morgan fingerprint density at radius 2 is 1.65 bits per heavy atom. The first kappa shape index (κ1) is 24.3. The molecule has 0 saturated heterocycles. The lowest BCUT2D eigenvalue weighted by Crippen LogP contribution is -2.31. The molecule has 2 rings (SSSR count). The Morgan fingerprint density at radius 1 is 1.00 bits per heavy atom. The maximum Gasteiger partial charge on any atom is 0.253 e. The normalized spacial score (nSPS) is 11.2. The van der Waals surface area contributed by atoms with Crippen LogP contribution in [0.3, 0.4) is 0 Å². The van der Waals surface area contributed by atoms with Gasteiger partial charge < -0.3 is 10.2 Å². The van der Waals surface area contributed by atoms with E-state index in [1.807, 2.05) is 30.3 Å². The molecule has 7 nitrogen and oxygen atoms in total. The average Bonchev–Trinajstić information content (AvgIpc) is 2.80. The number of carbonyl (C=O) groups is 2. The van der Waals surface area contributed by atoms with E-state index in [2.05, 4.69) is 11.9 Å². The molecule has 1 N–H and O–H groups in total. The Kier molecular flexibility index (Phi) is 8.96. The summed E-state index contributed by atoms with van der Waals surface area (Å²) >= 11 is 0. The van der Waals surface area contributed by atoms with E-state index in [1.165, 1.54) is 41.7 Å². The minimum Gasteiger partial charge on any atom is -0.353 e. The lowest BCUT2D eigenvalue weighted by atomic mass is 10.1. The van der Waals surface area contributed by atoms with Crippen LogP contribution in [0.25, 0.3) is 0 Å². The highest BCUT2D eigenvalue weighted by Gasteiger charge is 2.21. The molecule has 2 aromatic rings. The van der Waals surface area contributed by atoms with Gasteiger partial charge in [-0.05, 0) is 48.7 Å². The molecule has 31 heavy (non-hydrogen) atoms. The van der Waals surface area contributed by atoms with Crippen LogP contribution < -0.4 is 5.32 Å². The largest absolute Gasteiger partial charge is 0.353 e. The SMILES string of the molecule is C=CC(=O)NCCCN(C)S(=O)(=O)c1ccc(C(=O)N(C)CCc2ccccc2)cc1. The van der Waals surface area contributed by atoms with E-state index in [4.69, 9.17) is 0 Å². The maximum atomic E-state index is 12.7. The monoisotopic (exact) mass is 443 g/mol. The van der Waals surface area contributed by atoms with Crippen LogP contribution in [0.15, 0.2) is 72.1 Å². The van der Waals surface area contributed by atoms with Gasteiger partial charge in [0.15, 0.2) is 0 Å². The lowest BCUT2D eigenvalue weighted by Gasteiger charge is -2.19. The maximum absolute atomic E-state index is 12.7. The Balaban J connectivity index is 1.93. The quantitative estimate of drug-likeness (QED) is 0.427. The Labute approximate surface area is 184 Å². The predicted molar refractivity (Wildman–Crippen MR) is 121 cm³/mol. The average molecular weight is 444 g/mol. The van der Waals surface area contributed by atoms with Crippen molar-refractivity contribution < 1.29 is 18.0 Å². The summed E-state index contributed by atoms with van der Waals surface area (Å²) in [5, 5.41) is 2.61. The van der Waals surface area contributed by atoms with Crippen molar-refractivity contribution in [2.24, 2.45) is 0 Å². The molecule has 0 radical (unpaired) electrons. The third kappa shape index (κ3) is 7.04. The molecule has 0 fully saturated rings. The second-order valence-corrected chi connectivity index (χ2v) is 9.21. The molecule has 0 saturated carbocycles. The van der Waals surface area contributed by atoms with Crippen molar-refractivity contribution in [2.45, 2.75) is 17.7 Å². The molecule has 0 unspecified atom stereocenters. The number of nitrogens with one attached hydrogen (secondary N) is 1. The molecule has 0 aliphatic heterocycles. The summed E-state index contributed by atoms with van der Waals surface area (Å²) in [6.45, 7) is 4.53. The highest BCUT2D eigenvalue weighted by Crippen LogP contribution is 2.16. The molecule has 2 amide bonds. The minimum atomic E-state index is -3.68. The number of rotatable bonds is 11. The van der Waals surface area contributed by atoms with Crippen molar-refractivity contribution >= 4 is 21.8 Å². The van der Waals surface area contributed by atoms with Gasteiger partial charge in [0.25, 0.3) is 5.91 Å². The van der Waals surface area contributed by atoms with E-state index in [1.54, 1.807) is 11.9 Å². The molecule has 0 aliphatic carbocycles. The fraction of sp³-hybridized carbons (Fsp3) is 0.304. The van der Waals surface area contributed by atoms with Gasteiger partial charge in [0.2, 0.25) is 15.9 Å². The fourth-order valence-corrected chi connectivity index (χ4v) is 4.13. The van der Waals surface area contributed by atoms with Crippen LogP contribution in [0.1, 0.15) is 22.3 Å². The topological polar surface area (TPSA) is 86.8 Å². The molecule has 8 heteroatoms. The summed E-state index contributed by atoms with van der Waals surface area (Å²) in [6, 6.07) is 15.9. The van der Waals surface area contributed by atoms with Gasteiger partial charge >= 0.3 is 0 Å². The van der Waals surface area contributed by atoms with Gasteiger partial charge in [0.1, 0.15) is 0 Å². The summed E-state index contributed by atoms with van der Waals surface area (Å²) in [6.07, 6.45) is 2.38. The van der Waals surface area contributed by atoms with Crippen LogP contribution in [0.4, 0.5) is 0 Å². The van der Waals surface area contributed by atoms with Gasteiger partial charge in [-0.1, -0.05) is 36.9 Å². The van der Waals surface area contributed by atoms with Crippen LogP contribution in [0, 0.1) is 0 Å². The molecule has 0 spiro atoms. The Morgan fingerprint density at radius 3 is 2.26 bits per heavy atom. The molecule has 0 heterocycles. The van der Waals surface area contributed by atoms with Crippen LogP contribution in [0.2, 0.25) is 0 Å². The first-order valence-corrected chi connectivity index (χ1v) is 11.5. The van der Waals surface area contributed by atoms with Crippen molar-refractivity contribution in [3.63, 3.8) is 0 Å². The van der Waals surface area contributed by atoms with Gasteiger partial charge in [-0.2, -0.15) is 0 Å². The van der Waals surface area contributed by atoms with Gasteiger partial charge in [-0.15, -0.1) is 0 Å². The zero-order valence-electron chi connectivity index (χ0n) is 18.0.